The molecular weight excluding hydrogens is 402 g/mol. The van der Waals surface area contributed by atoms with Crippen LogP contribution in [0.2, 0.25) is 5.02 Å². The Balaban J connectivity index is 1.40. The van der Waals surface area contributed by atoms with Crippen molar-refractivity contribution in [2.45, 2.75) is 0 Å². The summed E-state index contributed by atoms with van der Waals surface area (Å²) in [5.74, 6) is 1.35. The van der Waals surface area contributed by atoms with Gasteiger partial charge in [0.05, 0.1) is 36.6 Å². The van der Waals surface area contributed by atoms with Crippen molar-refractivity contribution in [3.63, 3.8) is 0 Å². The highest BCUT2D eigenvalue weighted by Crippen LogP contribution is 2.22. The van der Waals surface area contributed by atoms with Gasteiger partial charge in [-0.25, -0.2) is 4.98 Å². The predicted octanol–water partition coefficient (Wildman–Crippen LogP) is 3.06. The second kappa shape index (κ2) is 10.3. The topological polar surface area (TPSA) is 80.8 Å². The monoisotopic (exact) mass is 421 g/mol. The molecule has 0 radical (unpaired) electrons. The van der Waals surface area contributed by atoms with E-state index in [0.29, 0.717) is 48.6 Å². The maximum absolute atomic E-state index is 12.0. The van der Waals surface area contributed by atoms with Gasteiger partial charge in [0.2, 0.25) is 17.7 Å². The van der Waals surface area contributed by atoms with Crippen molar-refractivity contribution >= 4 is 40.9 Å². The molecule has 2 aromatic rings. The fourth-order valence-corrected chi connectivity index (χ4v) is 3.31. The number of pyridine rings is 1. The Morgan fingerprint density at radius 2 is 1.89 bits per heavy atom. The minimum absolute atomic E-state index is 0.0338. The Morgan fingerprint density at radius 1 is 1.14 bits per heavy atom. The van der Waals surface area contributed by atoms with E-state index in [1.54, 1.807) is 41.3 Å². The number of carbonyl (C=O) groups is 2. The van der Waals surface area contributed by atoms with Crippen molar-refractivity contribution in [2.75, 3.05) is 43.1 Å². The van der Waals surface area contributed by atoms with Crippen molar-refractivity contribution in [3.05, 3.63) is 47.6 Å². The number of ether oxygens (including phenoxy) is 2. The maximum Gasteiger partial charge on any atom is 0.234 e. The molecule has 0 aliphatic carbocycles. The lowest BCUT2D eigenvalue weighted by Gasteiger charge is -2.26. The smallest absolute Gasteiger partial charge is 0.234 e. The van der Waals surface area contributed by atoms with Gasteiger partial charge in [0, 0.05) is 24.2 Å². The first kappa shape index (κ1) is 20.4. The summed E-state index contributed by atoms with van der Waals surface area (Å²) in [6.45, 7) is 2.37. The second-order valence-corrected chi connectivity index (χ2v) is 7.40. The highest BCUT2D eigenvalue weighted by molar-refractivity contribution is 8.00. The zero-order valence-corrected chi connectivity index (χ0v) is 16.7. The number of anilines is 1. The Bertz CT molecular complexity index is 796. The first-order chi connectivity index (χ1) is 13.6. The molecule has 9 heteroatoms. The third kappa shape index (κ3) is 6.40. The number of nitrogens with zero attached hydrogens (tertiary/aromatic N) is 2. The van der Waals surface area contributed by atoms with Gasteiger partial charge >= 0.3 is 0 Å². The van der Waals surface area contributed by atoms with E-state index in [1.165, 1.54) is 18.0 Å². The number of hydrogen-bond donors (Lipinski definition) is 1. The van der Waals surface area contributed by atoms with E-state index >= 15 is 0 Å². The summed E-state index contributed by atoms with van der Waals surface area (Å²) in [5, 5.41) is 3.38. The van der Waals surface area contributed by atoms with E-state index in [1.807, 2.05) is 0 Å². The number of carbonyl (C=O) groups excluding carboxylic acids is 2. The number of hydrogen-bond acceptors (Lipinski definition) is 6. The summed E-state index contributed by atoms with van der Waals surface area (Å²) in [7, 11) is 0. The van der Waals surface area contributed by atoms with Crippen molar-refractivity contribution in [2.24, 2.45) is 0 Å². The minimum Gasteiger partial charge on any atom is -0.439 e. The zero-order valence-electron chi connectivity index (χ0n) is 15.1. The highest BCUT2D eigenvalue weighted by atomic mass is 35.5. The Morgan fingerprint density at radius 3 is 2.57 bits per heavy atom. The summed E-state index contributed by atoms with van der Waals surface area (Å²) in [4.78, 5) is 30.0. The standard InChI is InChI=1S/C19H20ClN3O4S/c20-14-1-4-16(5-2-14)27-18-6-3-15(11-21-18)22-17(24)12-28-13-19(25)23-7-9-26-10-8-23/h1-6,11H,7-10,12-13H2,(H,22,24). The number of rotatable bonds is 7. The van der Waals surface area contributed by atoms with Gasteiger partial charge < -0.3 is 19.7 Å². The van der Waals surface area contributed by atoms with E-state index < -0.39 is 0 Å². The number of amides is 2. The van der Waals surface area contributed by atoms with E-state index in [9.17, 15) is 9.59 Å². The molecule has 1 aromatic carbocycles. The minimum atomic E-state index is -0.187. The molecule has 7 nitrogen and oxygen atoms in total. The van der Waals surface area contributed by atoms with Gasteiger partial charge in [-0.15, -0.1) is 11.8 Å². The van der Waals surface area contributed by atoms with Gasteiger partial charge in [-0.2, -0.15) is 0 Å². The van der Waals surface area contributed by atoms with Crippen molar-refractivity contribution < 1.29 is 19.1 Å². The lowest BCUT2D eigenvalue weighted by molar-refractivity contribution is -0.132. The van der Waals surface area contributed by atoms with Crippen LogP contribution in [0.4, 0.5) is 5.69 Å². The van der Waals surface area contributed by atoms with Crippen LogP contribution in [0.3, 0.4) is 0 Å². The molecular formula is C19H20ClN3O4S. The largest absolute Gasteiger partial charge is 0.439 e. The van der Waals surface area contributed by atoms with E-state index in [4.69, 9.17) is 21.1 Å². The predicted molar refractivity (Wildman–Crippen MR) is 109 cm³/mol. The molecule has 0 saturated carbocycles. The molecule has 0 unspecified atom stereocenters. The molecule has 0 bridgehead atoms. The van der Waals surface area contributed by atoms with Crippen molar-refractivity contribution in [1.82, 2.24) is 9.88 Å². The third-order valence-electron chi connectivity index (χ3n) is 3.88. The van der Waals surface area contributed by atoms with Crippen LogP contribution < -0.4 is 10.1 Å². The lowest BCUT2D eigenvalue weighted by atomic mass is 10.3. The Labute approximate surface area is 172 Å². The highest BCUT2D eigenvalue weighted by Gasteiger charge is 2.17. The fourth-order valence-electron chi connectivity index (χ4n) is 2.47. The maximum atomic E-state index is 12.0. The number of aromatic nitrogens is 1. The molecule has 2 amide bonds. The summed E-state index contributed by atoms with van der Waals surface area (Å²) in [6, 6.07) is 10.3. The normalized spacial score (nSPS) is 13.8. The summed E-state index contributed by atoms with van der Waals surface area (Å²) in [6.07, 6.45) is 1.52. The van der Waals surface area contributed by atoms with Crippen LogP contribution in [0.25, 0.3) is 0 Å². The zero-order chi connectivity index (χ0) is 19.8. The van der Waals surface area contributed by atoms with E-state index in [2.05, 4.69) is 10.3 Å². The Kier molecular flexibility index (Phi) is 7.53. The van der Waals surface area contributed by atoms with Gasteiger partial charge in [-0.3, -0.25) is 9.59 Å². The molecule has 1 aliphatic rings. The molecule has 148 valence electrons. The van der Waals surface area contributed by atoms with Crippen LogP contribution in [0.15, 0.2) is 42.6 Å². The summed E-state index contributed by atoms with van der Waals surface area (Å²) >= 11 is 7.13. The van der Waals surface area contributed by atoms with Gasteiger partial charge in [0.1, 0.15) is 5.75 Å². The first-order valence-corrected chi connectivity index (χ1v) is 10.3. The summed E-state index contributed by atoms with van der Waals surface area (Å²) < 4.78 is 10.8. The van der Waals surface area contributed by atoms with Gasteiger partial charge in [0.15, 0.2) is 0 Å². The molecule has 0 atom stereocenters. The van der Waals surface area contributed by atoms with E-state index in [-0.39, 0.29) is 23.3 Å². The Hall–Kier alpha value is -2.29. The van der Waals surface area contributed by atoms with Gasteiger partial charge in [-0.05, 0) is 30.3 Å². The molecule has 2 heterocycles. The van der Waals surface area contributed by atoms with Gasteiger partial charge in [-0.1, -0.05) is 11.6 Å². The SMILES string of the molecule is O=C(CSCC(=O)N1CCOCC1)Nc1ccc(Oc2ccc(Cl)cc2)nc1. The molecule has 1 saturated heterocycles. The van der Waals surface area contributed by atoms with Crippen molar-refractivity contribution in [3.8, 4) is 11.6 Å². The number of thioether (sulfide) groups is 1. The average molecular weight is 422 g/mol. The molecule has 1 aliphatic heterocycles. The van der Waals surface area contributed by atoms with Gasteiger partial charge in [0.25, 0.3) is 0 Å². The molecule has 1 aromatic heterocycles. The summed E-state index contributed by atoms with van der Waals surface area (Å²) in [5.41, 5.74) is 0.563. The number of halogens is 1. The third-order valence-corrected chi connectivity index (χ3v) is 5.05. The van der Waals surface area contributed by atoms with Crippen LogP contribution in [0.1, 0.15) is 0 Å². The van der Waals surface area contributed by atoms with Crippen LogP contribution in [0.5, 0.6) is 11.6 Å². The molecule has 3 rings (SSSR count). The number of benzene rings is 1. The van der Waals surface area contributed by atoms with Crippen LogP contribution in [0, 0.1) is 0 Å². The van der Waals surface area contributed by atoms with Crippen LogP contribution >= 0.6 is 23.4 Å². The molecule has 1 fully saturated rings. The number of nitrogens with one attached hydrogen (secondary N) is 1. The van der Waals surface area contributed by atoms with Crippen LogP contribution in [-0.2, 0) is 14.3 Å². The van der Waals surface area contributed by atoms with E-state index in [0.717, 1.165) is 0 Å². The molecule has 28 heavy (non-hydrogen) atoms. The first-order valence-electron chi connectivity index (χ1n) is 8.73. The molecule has 0 spiro atoms. The number of morpholine rings is 1. The second-order valence-electron chi connectivity index (χ2n) is 5.98. The van der Waals surface area contributed by atoms with Crippen LogP contribution in [-0.4, -0.2) is 59.5 Å². The lowest BCUT2D eigenvalue weighted by Crippen LogP contribution is -2.41. The fraction of sp³-hybridized carbons (Fsp3) is 0.316. The average Bonchev–Trinajstić information content (AvgIpc) is 2.72. The molecule has 1 N–H and O–H groups in total. The van der Waals surface area contributed by atoms with Crippen molar-refractivity contribution in [1.29, 1.82) is 0 Å². The quantitative estimate of drug-likeness (QED) is 0.740.